The van der Waals surface area contributed by atoms with Crippen molar-refractivity contribution in [1.82, 2.24) is 39.9 Å². The fourth-order valence-electron chi connectivity index (χ4n) is 5.67. The molecule has 0 aliphatic carbocycles. The summed E-state index contributed by atoms with van der Waals surface area (Å²) in [6.07, 6.45) is 7.86. The number of H-pyrrole nitrogens is 2. The molecule has 0 radical (unpaired) electrons. The van der Waals surface area contributed by atoms with E-state index in [1.807, 2.05) is 24.4 Å². The molecule has 5 aromatic rings. The van der Waals surface area contributed by atoms with Crippen molar-refractivity contribution in [1.29, 1.82) is 0 Å². The zero-order valence-electron chi connectivity index (χ0n) is 21.4. The molecule has 38 heavy (non-hydrogen) atoms. The summed E-state index contributed by atoms with van der Waals surface area (Å²) in [6, 6.07) is 7.62. The van der Waals surface area contributed by atoms with Crippen LogP contribution in [-0.2, 0) is 6.54 Å². The van der Waals surface area contributed by atoms with Crippen LogP contribution in [0, 0.1) is 5.82 Å². The number of likely N-dealkylation sites (tertiary alicyclic amines) is 1. The van der Waals surface area contributed by atoms with Gasteiger partial charge in [0.2, 0.25) is 0 Å². The van der Waals surface area contributed by atoms with Crippen LogP contribution in [0.25, 0.3) is 44.6 Å². The van der Waals surface area contributed by atoms with Crippen molar-refractivity contribution in [3.05, 3.63) is 54.2 Å². The molecule has 0 spiro atoms. The van der Waals surface area contributed by atoms with Gasteiger partial charge in [0.05, 0.1) is 16.4 Å². The molecule has 0 unspecified atom stereocenters. The maximum Gasteiger partial charge on any atom is 0.159 e. The van der Waals surface area contributed by atoms with Crippen molar-refractivity contribution < 1.29 is 4.39 Å². The highest BCUT2D eigenvalue weighted by atomic mass is 19.1. The molecule has 0 saturated carbocycles. The van der Waals surface area contributed by atoms with Crippen LogP contribution < -0.4 is 4.90 Å². The predicted octanol–water partition coefficient (Wildman–Crippen LogP) is 4.05. The number of piperazine rings is 1. The summed E-state index contributed by atoms with van der Waals surface area (Å²) >= 11 is 0. The van der Waals surface area contributed by atoms with Crippen molar-refractivity contribution in [2.24, 2.45) is 0 Å². The molecule has 0 amide bonds. The molecule has 0 bridgehead atoms. The van der Waals surface area contributed by atoms with Crippen molar-refractivity contribution in [2.75, 3.05) is 51.2 Å². The number of benzene rings is 1. The van der Waals surface area contributed by atoms with Gasteiger partial charge in [0.1, 0.15) is 17.0 Å². The number of halogens is 1. The summed E-state index contributed by atoms with van der Waals surface area (Å²) in [4.78, 5) is 24.3. The van der Waals surface area contributed by atoms with E-state index in [2.05, 4.69) is 46.9 Å². The first-order chi connectivity index (χ1) is 18.6. The lowest BCUT2D eigenvalue weighted by molar-refractivity contribution is 0.312. The standard InChI is InChI=1S/C28H30FN9/c1-36-10-12-38(13-11-36)28-25-22(6-7-31-28)32-27(33-25)26-23-21(34-35-26)5-4-20(24(23)29)19-14-18(15-30-16-19)17-37-8-2-3-9-37/h4-7,14-16H,2-3,8-13,17H2,1H3,(H,32,33)(H,34,35). The smallest absolute Gasteiger partial charge is 0.159 e. The van der Waals surface area contributed by atoms with Gasteiger partial charge in [0.15, 0.2) is 11.6 Å². The Morgan fingerprint density at radius 3 is 2.66 bits per heavy atom. The molecule has 2 saturated heterocycles. The normalized spacial score (nSPS) is 17.3. The lowest BCUT2D eigenvalue weighted by Crippen LogP contribution is -2.44. The van der Waals surface area contributed by atoms with Gasteiger partial charge >= 0.3 is 0 Å². The van der Waals surface area contributed by atoms with Crippen LogP contribution in [0.3, 0.4) is 0 Å². The summed E-state index contributed by atoms with van der Waals surface area (Å²) < 4.78 is 16.2. The van der Waals surface area contributed by atoms with Crippen molar-refractivity contribution >= 4 is 27.8 Å². The third-order valence-corrected chi connectivity index (χ3v) is 7.79. The number of rotatable bonds is 5. The van der Waals surface area contributed by atoms with E-state index in [1.165, 1.54) is 12.8 Å². The van der Waals surface area contributed by atoms with Crippen LogP contribution in [0.1, 0.15) is 18.4 Å². The van der Waals surface area contributed by atoms with Crippen molar-refractivity contribution in [3.63, 3.8) is 0 Å². The minimum absolute atomic E-state index is 0.329. The molecule has 2 aliphatic rings. The molecule has 7 rings (SSSR count). The van der Waals surface area contributed by atoms with E-state index in [0.29, 0.717) is 28.0 Å². The molecule has 9 nitrogen and oxygen atoms in total. The summed E-state index contributed by atoms with van der Waals surface area (Å²) in [7, 11) is 2.13. The molecule has 2 aliphatic heterocycles. The van der Waals surface area contributed by atoms with E-state index < -0.39 is 0 Å². The molecular weight excluding hydrogens is 481 g/mol. The number of aromatic amines is 2. The number of anilines is 1. The molecule has 0 atom stereocenters. The second kappa shape index (κ2) is 9.45. The Hall–Kier alpha value is -3.89. The molecule has 194 valence electrons. The highest BCUT2D eigenvalue weighted by molar-refractivity contribution is 5.97. The number of imidazole rings is 1. The Bertz CT molecular complexity index is 1610. The van der Waals surface area contributed by atoms with Crippen LogP contribution in [0.4, 0.5) is 10.2 Å². The van der Waals surface area contributed by atoms with E-state index in [1.54, 1.807) is 18.5 Å². The Balaban J connectivity index is 1.27. The Kier molecular flexibility index (Phi) is 5.78. The number of likely N-dealkylation sites (N-methyl/N-ethyl adjacent to an activating group) is 1. The van der Waals surface area contributed by atoms with Gasteiger partial charge < -0.3 is 14.8 Å². The fraction of sp³-hybridized carbons (Fsp3) is 0.357. The maximum atomic E-state index is 16.2. The average Bonchev–Trinajstić information content (AvgIpc) is 3.69. The van der Waals surface area contributed by atoms with Crippen molar-refractivity contribution in [2.45, 2.75) is 19.4 Å². The molecule has 6 heterocycles. The third-order valence-electron chi connectivity index (χ3n) is 7.79. The van der Waals surface area contributed by atoms with Gasteiger partial charge in [-0.2, -0.15) is 5.10 Å². The van der Waals surface area contributed by atoms with E-state index in [-0.39, 0.29) is 5.82 Å². The molecule has 4 aromatic heterocycles. The minimum Gasteiger partial charge on any atom is -0.352 e. The van der Waals surface area contributed by atoms with Crippen LogP contribution in [0.15, 0.2) is 42.9 Å². The van der Waals surface area contributed by atoms with E-state index >= 15 is 4.39 Å². The van der Waals surface area contributed by atoms with Crippen LogP contribution >= 0.6 is 0 Å². The zero-order valence-corrected chi connectivity index (χ0v) is 21.4. The van der Waals surface area contributed by atoms with Gasteiger partial charge in [0.25, 0.3) is 0 Å². The van der Waals surface area contributed by atoms with Gasteiger partial charge in [-0.05, 0) is 62.8 Å². The lowest BCUT2D eigenvalue weighted by atomic mass is 10.0. The number of aromatic nitrogens is 6. The topological polar surface area (TPSA) is 92.9 Å². The maximum absolute atomic E-state index is 16.2. The van der Waals surface area contributed by atoms with Crippen LogP contribution in [-0.4, -0.2) is 86.2 Å². The number of nitrogens with zero attached hydrogens (tertiary/aromatic N) is 7. The minimum atomic E-state index is -0.329. The average molecular weight is 512 g/mol. The fourth-order valence-corrected chi connectivity index (χ4v) is 5.67. The molecule has 2 N–H and O–H groups in total. The first-order valence-electron chi connectivity index (χ1n) is 13.3. The van der Waals surface area contributed by atoms with Crippen LogP contribution in [0.2, 0.25) is 0 Å². The summed E-state index contributed by atoms with van der Waals surface area (Å²) in [5.41, 5.74) is 5.08. The van der Waals surface area contributed by atoms with Gasteiger partial charge in [0, 0.05) is 62.4 Å². The molecule has 2 fully saturated rings. The van der Waals surface area contributed by atoms with Gasteiger partial charge in [-0.15, -0.1) is 0 Å². The summed E-state index contributed by atoms with van der Waals surface area (Å²) in [5, 5.41) is 7.88. The van der Waals surface area contributed by atoms with Crippen molar-refractivity contribution in [3.8, 4) is 22.6 Å². The Morgan fingerprint density at radius 1 is 0.974 bits per heavy atom. The number of fused-ring (bicyclic) bond motifs is 2. The monoisotopic (exact) mass is 511 g/mol. The second-order valence-electron chi connectivity index (χ2n) is 10.4. The molecule has 1 aromatic carbocycles. The van der Waals surface area contributed by atoms with E-state index in [0.717, 1.165) is 73.8 Å². The first-order valence-corrected chi connectivity index (χ1v) is 13.3. The quantitative estimate of drug-likeness (QED) is 0.368. The van der Waals surface area contributed by atoms with Gasteiger partial charge in [-0.3, -0.25) is 15.0 Å². The Morgan fingerprint density at radius 2 is 1.82 bits per heavy atom. The number of hydrogen-bond acceptors (Lipinski definition) is 7. The number of hydrogen-bond donors (Lipinski definition) is 2. The lowest BCUT2D eigenvalue weighted by Gasteiger charge is -2.33. The largest absolute Gasteiger partial charge is 0.352 e. The first kappa shape index (κ1) is 23.2. The second-order valence-corrected chi connectivity index (χ2v) is 10.4. The molecule has 10 heteroatoms. The van der Waals surface area contributed by atoms with Gasteiger partial charge in [-0.25, -0.2) is 14.4 Å². The third kappa shape index (κ3) is 4.10. The molecular formula is C28H30FN9. The predicted molar refractivity (Wildman–Crippen MR) is 146 cm³/mol. The number of pyridine rings is 2. The van der Waals surface area contributed by atoms with Crippen LogP contribution in [0.5, 0.6) is 0 Å². The zero-order chi connectivity index (χ0) is 25.6. The highest BCUT2D eigenvalue weighted by Gasteiger charge is 2.23. The van der Waals surface area contributed by atoms with E-state index in [9.17, 15) is 0 Å². The van der Waals surface area contributed by atoms with Gasteiger partial charge in [-0.1, -0.05) is 0 Å². The number of nitrogens with one attached hydrogen (secondary N) is 2. The van der Waals surface area contributed by atoms with E-state index in [4.69, 9.17) is 4.98 Å². The highest BCUT2D eigenvalue weighted by Crippen LogP contribution is 2.35. The Labute approximate surface area is 219 Å². The SMILES string of the molecule is CN1CCN(c2nccc3[nH]c(-c4n[nH]c5ccc(-c6cncc(CN7CCCC7)c6)c(F)c45)nc23)CC1. The summed E-state index contributed by atoms with van der Waals surface area (Å²) in [6.45, 7) is 6.77. The summed E-state index contributed by atoms with van der Waals surface area (Å²) in [5.74, 6) is 1.04.